The van der Waals surface area contributed by atoms with Gasteiger partial charge in [0.05, 0.1) is 24.8 Å². The quantitative estimate of drug-likeness (QED) is 0.357. The van der Waals surface area contributed by atoms with Crippen molar-refractivity contribution >= 4 is 40.6 Å². The van der Waals surface area contributed by atoms with Gasteiger partial charge in [0.25, 0.3) is 5.91 Å². The Balaban J connectivity index is 1.31. The Kier molecular flexibility index (Phi) is 7.81. The zero-order chi connectivity index (χ0) is 25.9. The van der Waals surface area contributed by atoms with Crippen LogP contribution in [0.15, 0.2) is 65.7 Å². The van der Waals surface area contributed by atoms with Crippen LogP contribution in [0.5, 0.6) is 0 Å². The van der Waals surface area contributed by atoms with Gasteiger partial charge >= 0.3 is 0 Å². The molecule has 0 bridgehead atoms. The van der Waals surface area contributed by atoms with Gasteiger partial charge in [-0.1, -0.05) is 47.5 Å². The van der Waals surface area contributed by atoms with Crippen molar-refractivity contribution in [3.63, 3.8) is 0 Å². The summed E-state index contributed by atoms with van der Waals surface area (Å²) >= 11 is 12.7. The number of aliphatic imine (C=N–C) groups is 1. The van der Waals surface area contributed by atoms with Gasteiger partial charge in [-0.3, -0.25) is 9.79 Å². The molecule has 0 aromatic heterocycles. The van der Waals surface area contributed by atoms with Crippen LogP contribution in [0, 0.1) is 0 Å². The number of benzene rings is 3. The lowest BCUT2D eigenvalue weighted by Gasteiger charge is -2.22. The molecule has 0 saturated heterocycles. The van der Waals surface area contributed by atoms with E-state index in [0.29, 0.717) is 28.6 Å². The molecule has 0 fully saturated rings. The molecule has 37 heavy (non-hydrogen) atoms. The maximum Gasteiger partial charge on any atom is 0.251 e. The molecule has 3 N–H and O–H groups in total. The standard InChI is InChI=1S/C29H29Cl2N3O3/c1-37-16-21-4-2-7-26(33-21)32-20-13-12-19-14-25(35)28(22(19)15-20)34-29(36)18-10-8-17(9-11-18)27-23(30)5-3-6-24(27)31/h3,5-6,8-13,15,21,25,28,35H,2,4,7,14,16H2,1H3,(H,32,33)(H,34,36)/t21?,25-,28-/m1/s1. The van der Waals surface area contributed by atoms with Crippen LogP contribution in [0.1, 0.15) is 46.8 Å². The number of fused-ring (bicyclic) bond motifs is 1. The van der Waals surface area contributed by atoms with Crippen molar-refractivity contribution in [1.82, 2.24) is 5.32 Å². The third-order valence-corrected chi connectivity index (χ3v) is 7.55. The van der Waals surface area contributed by atoms with E-state index < -0.39 is 12.1 Å². The average molecular weight is 538 g/mol. The fraction of sp³-hybridized carbons (Fsp3) is 0.310. The van der Waals surface area contributed by atoms with E-state index in [1.807, 2.05) is 30.3 Å². The number of halogens is 2. The lowest BCUT2D eigenvalue weighted by atomic mass is 10.0. The third-order valence-electron chi connectivity index (χ3n) is 6.92. The zero-order valence-corrected chi connectivity index (χ0v) is 22.0. The van der Waals surface area contributed by atoms with Gasteiger partial charge in [0, 0.05) is 46.8 Å². The highest BCUT2D eigenvalue weighted by atomic mass is 35.5. The number of aliphatic hydroxyl groups is 1. The molecular weight excluding hydrogens is 509 g/mol. The fourth-order valence-electron chi connectivity index (χ4n) is 5.09. The van der Waals surface area contributed by atoms with Gasteiger partial charge in [-0.25, -0.2) is 0 Å². The smallest absolute Gasteiger partial charge is 0.251 e. The van der Waals surface area contributed by atoms with Crippen molar-refractivity contribution in [3.8, 4) is 11.1 Å². The summed E-state index contributed by atoms with van der Waals surface area (Å²) in [6, 6.07) is 18.2. The average Bonchev–Trinajstić information content (AvgIpc) is 3.19. The largest absolute Gasteiger partial charge is 0.390 e. The van der Waals surface area contributed by atoms with E-state index in [0.717, 1.165) is 53.0 Å². The van der Waals surface area contributed by atoms with Gasteiger partial charge in [0.2, 0.25) is 0 Å². The number of ether oxygens (including phenoxy) is 1. The monoisotopic (exact) mass is 537 g/mol. The number of aliphatic hydroxyl groups excluding tert-OH is 1. The summed E-state index contributed by atoms with van der Waals surface area (Å²) in [4.78, 5) is 17.9. The molecule has 8 heteroatoms. The first kappa shape index (κ1) is 25.7. The number of nitrogens with one attached hydrogen (secondary N) is 2. The summed E-state index contributed by atoms with van der Waals surface area (Å²) in [6.07, 6.45) is 2.75. The summed E-state index contributed by atoms with van der Waals surface area (Å²) in [5.74, 6) is 0.678. The molecule has 3 atom stereocenters. The lowest BCUT2D eigenvalue weighted by molar-refractivity contribution is 0.0858. The molecule has 2 aliphatic rings. The van der Waals surface area contributed by atoms with E-state index in [4.69, 9.17) is 32.9 Å². The number of nitrogens with zero attached hydrogens (tertiary/aromatic N) is 1. The van der Waals surface area contributed by atoms with E-state index in [1.54, 1.807) is 37.4 Å². The van der Waals surface area contributed by atoms with Crippen LogP contribution in [0.4, 0.5) is 5.69 Å². The van der Waals surface area contributed by atoms with Crippen molar-refractivity contribution in [3.05, 3.63) is 87.4 Å². The molecule has 5 rings (SSSR count). The number of methoxy groups -OCH3 is 1. The first-order chi connectivity index (χ1) is 17.9. The molecule has 1 amide bonds. The van der Waals surface area contributed by atoms with Gasteiger partial charge in [-0.05, 0) is 65.9 Å². The molecule has 0 spiro atoms. The first-order valence-corrected chi connectivity index (χ1v) is 13.2. The van der Waals surface area contributed by atoms with Crippen molar-refractivity contribution in [1.29, 1.82) is 0 Å². The van der Waals surface area contributed by atoms with E-state index in [9.17, 15) is 9.90 Å². The number of anilines is 1. The highest BCUT2D eigenvalue weighted by molar-refractivity contribution is 6.39. The van der Waals surface area contributed by atoms with E-state index in [-0.39, 0.29) is 11.9 Å². The molecule has 3 aromatic rings. The van der Waals surface area contributed by atoms with E-state index >= 15 is 0 Å². The molecule has 1 aliphatic carbocycles. The normalized spacial score (nSPS) is 20.8. The minimum absolute atomic E-state index is 0.171. The number of carbonyl (C=O) groups excluding carboxylic acids is 1. The van der Waals surface area contributed by atoms with Crippen LogP contribution >= 0.6 is 23.2 Å². The van der Waals surface area contributed by atoms with Gasteiger partial charge in [-0.15, -0.1) is 0 Å². The number of hydrogen-bond donors (Lipinski definition) is 3. The lowest BCUT2D eigenvalue weighted by Crippen LogP contribution is -2.33. The van der Waals surface area contributed by atoms with E-state index in [2.05, 4.69) is 10.6 Å². The summed E-state index contributed by atoms with van der Waals surface area (Å²) in [7, 11) is 1.69. The van der Waals surface area contributed by atoms with Crippen LogP contribution in [0.2, 0.25) is 10.0 Å². The van der Waals surface area contributed by atoms with Crippen LogP contribution < -0.4 is 10.6 Å². The molecule has 0 radical (unpaired) electrons. The van der Waals surface area contributed by atoms with Gasteiger partial charge in [-0.2, -0.15) is 0 Å². The fourth-order valence-corrected chi connectivity index (χ4v) is 5.70. The van der Waals surface area contributed by atoms with Crippen LogP contribution in [-0.4, -0.2) is 42.7 Å². The van der Waals surface area contributed by atoms with Crippen LogP contribution in [-0.2, 0) is 11.2 Å². The number of hydrogen-bond acceptors (Lipinski definition) is 5. The number of amides is 1. The Labute approximate surface area is 226 Å². The molecule has 0 saturated carbocycles. The Morgan fingerprint density at radius 1 is 1.11 bits per heavy atom. The molecule has 1 heterocycles. The number of carbonyl (C=O) groups is 1. The second-order valence-electron chi connectivity index (χ2n) is 9.51. The van der Waals surface area contributed by atoms with Crippen molar-refractivity contribution in [2.75, 3.05) is 19.0 Å². The molecule has 192 valence electrons. The Bertz CT molecular complexity index is 1310. The van der Waals surface area contributed by atoms with Crippen molar-refractivity contribution in [2.24, 2.45) is 4.99 Å². The Morgan fingerprint density at radius 2 is 1.86 bits per heavy atom. The van der Waals surface area contributed by atoms with E-state index in [1.165, 1.54) is 0 Å². The Morgan fingerprint density at radius 3 is 2.59 bits per heavy atom. The minimum Gasteiger partial charge on any atom is -0.390 e. The molecule has 6 nitrogen and oxygen atoms in total. The van der Waals surface area contributed by atoms with Crippen molar-refractivity contribution < 1.29 is 14.6 Å². The summed E-state index contributed by atoms with van der Waals surface area (Å²) < 4.78 is 5.26. The van der Waals surface area contributed by atoms with Crippen LogP contribution in [0.3, 0.4) is 0 Å². The van der Waals surface area contributed by atoms with Crippen LogP contribution in [0.25, 0.3) is 11.1 Å². The summed E-state index contributed by atoms with van der Waals surface area (Å²) in [6.45, 7) is 0.613. The topological polar surface area (TPSA) is 83.0 Å². The minimum atomic E-state index is -0.700. The highest BCUT2D eigenvalue weighted by Gasteiger charge is 2.33. The van der Waals surface area contributed by atoms with Crippen molar-refractivity contribution in [2.45, 2.75) is 43.9 Å². The maximum atomic E-state index is 13.1. The molecular formula is C29H29Cl2N3O3. The highest BCUT2D eigenvalue weighted by Crippen LogP contribution is 2.36. The van der Waals surface area contributed by atoms with Gasteiger partial charge < -0.3 is 20.5 Å². The SMILES string of the molecule is COCC1CCCC(Nc2ccc3c(c2)[C@@H](NC(=O)c2ccc(-c4c(Cl)cccc4Cl)cc2)[C@H](O)C3)=N1. The number of rotatable bonds is 6. The summed E-state index contributed by atoms with van der Waals surface area (Å²) in [5.41, 5.74) is 4.87. The zero-order valence-electron chi connectivity index (χ0n) is 20.5. The second kappa shape index (κ2) is 11.2. The third kappa shape index (κ3) is 5.68. The Hall–Kier alpha value is -2.90. The number of amidine groups is 1. The maximum absolute atomic E-state index is 13.1. The second-order valence-corrected chi connectivity index (χ2v) is 10.3. The summed E-state index contributed by atoms with van der Waals surface area (Å²) in [5, 5.41) is 18.3. The van der Waals surface area contributed by atoms with Gasteiger partial charge in [0.1, 0.15) is 5.84 Å². The molecule has 1 unspecified atom stereocenters. The predicted molar refractivity (Wildman–Crippen MR) is 149 cm³/mol. The predicted octanol–water partition coefficient (Wildman–Crippen LogP) is 6.06. The molecule has 1 aliphatic heterocycles. The molecule has 3 aromatic carbocycles. The first-order valence-electron chi connectivity index (χ1n) is 12.4. The van der Waals surface area contributed by atoms with Gasteiger partial charge in [0.15, 0.2) is 0 Å².